The zero-order valence-corrected chi connectivity index (χ0v) is 11.3. The van der Waals surface area contributed by atoms with Gasteiger partial charge in [0.15, 0.2) is 0 Å². The van der Waals surface area contributed by atoms with Gasteiger partial charge in [0.2, 0.25) is 0 Å². The lowest BCUT2D eigenvalue weighted by atomic mass is 10.00. The Morgan fingerprint density at radius 1 is 1.26 bits per heavy atom. The van der Waals surface area contributed by atoms with E-state index in [1.165, 1.54) is 0 Å². The molecule has 2 aromatic rings. The molecule has 0 bridgehead atoms. The normalized spacial score (nSPS) is 24.8. The number of hydrogen-bond donors (Lipinski definition) is 1. The molecule has 1 aliphatic heterocycles. The lowest BCUT2D eigenvalue weighted by Gasteiger charge is -2.19. The van der Waals surface area contributed by atoms with Crippen molar-refractivity contribution < 1.29 is 9.84 Å². The number of rotatable bonds is 2. The average molecular weight is 257 g/mol. The van der Waals surface area contributed by atoms with Gasteiger partial charge in [0.1, 0.15) is 6.10 Å². The minimum Gasteiger partial charge on any atom is -0.386 e. The first-order valence-electron chi connectivity index (χ1n) is 6.84. The third-order valence-corrected chi connectivity index (χ3v) is 3.81. The van der Waals surface area contributed by atoms with Crippen molar-refractivity contribution in [2.45, 2.75) is 45.0 Å². The first-order valence-corrected chi connectivity index (χ1v) is 6.84. The number of aromatic nitrogens is 1. The van der Waals surface area contributed by atoms with E-state index in [4.69, 9.17) is 4.74 Å². The minimum absolute atomic E-state index is 0.0779. The Bertz CT molecular complexity index is 596. The summed E-state index contributed by atoms with van der Waals surface area (Å²) >= 11 is 0. The van der Waals surface area contributed by atoms with E-state index in [1.807, 2.05) is 37.3 Å². The fourth-order valence-corrected chi connectivity index (χ4v) is 2.71. The van der Waals surface area contributed by atoms with Crippen LogP contribution in [-0.4, -0.2) is 22.3 Å². The molecule has 3 heteroatoms. The van der Waals surface area contributed by atoms with Gasteiger partial charge in [-0.2, -0.15) is 0 Å². The van der Waals surface area contributed by atoms with Gasteiger partial charge < -0.3 is 9.84 Å². The highest BCUT2D eigenvalue weighted by molar-refractivity contribution is 5.79. The fourth-order valence-electron chi connectivity index (χ4n) is 2.71. The fraction of sp³-hybridized carbons (Fsp3) is 0.438. The molecule has 3 atom stereocenters. The SMILES string of the molecule is Cc1ccc2cc(C(O)C3CCC(C)O3)ccc2n1. The predicted molar refractivity (Wildman–Crippen MR) is 75.0 cm³/mol. The topological polar surface area (TPSA) is 42.4 Å². The van der Waals surface area contributed by atoms with E-state index < -0.39 is 6.10 Å². The quantitative estimate of drug-likeness (QED) is 0.898. The summed E-state index contributed by atoms with van der Waals surface area (Å²) in [5.41, 5.74) is 2.89. The second-order valence-corrected chi connectivity index (χ2v) is 5.41. The molecule has 0 spiro atoms. The molecule has 1 fully saturated rings. The van der Waals surface area contributed by atoms with Gasteiger partial charge in [-0.1, -0.05) is 12.1 Å². The third-order valence-electron chi connectivity index (χ3n) is 3.81. The molecule has 100 valence electrons. The van der Waals surface area contributed by atoms with Crippen molar-refractivity contribution in [2.24, 2.45) is 0 Å². The van der Waals surface area contributed by atoms with Crippen molar-refractivity contribution in [1.29, 1.82) is 0 Å². The van der Waals surface area contributed by atoms with Gasteiger partial charge >= 0.3 is 0 Å². The lowest BCUT2D eigenvalue weighted by Crippen LogP contribution is -2.18. The second-order valence-electron chi connectivity index (χ2n) is 5.41. The zero-order chi connectivity index (χ0) is 13.4. The number of ether oxygens (including phenoxy) is 1. The van der Waals surface area contributed by atoms with E-state index >= 15 is 0 Å². The van der Waals surface area contributed by atoms with Crippen LogP contribution in [0.3, 0.4) is 0 Å². The van der Waals surface area contributed by atoms with E-state index in [-0.39, 0.29) is 12.2 Å². The van der Waals surface area contributed by atoms with E-state index in [9.17, 15) is 5.11 Å². The maximum Gasteiger partial charge on any atom is 0.105 e. The van der Waals surface area contributed by atoms with Gasteiger partial charge in [0.05, 0.1) is 17.7 Å². The number of fused-ring (bicyclic) bond motifs is 1. The Balaban J connectivity index is 1.90. The highest BCUT2D eigenvalue weighted by atomic mass is 16.5. The summed E-state index contributed by atoms with van der Waals surface area (Å²) in [6.45, 7) is 4.04. The van der Waals surface area contributed by atoms with Crippen LogP contribution in [0.5, 0.6) is 0 Å². The second kappa shape index (κ2) is 4.91. The Morgan fingerprint density at radius 3 is 2.84 bits per heavy atom. The molecule has 0 amide bonds. The van der Waals surface area contributed by atoms with E-state index in [1.54, 1.807) is 0 Å². The molecule has 1 N–H and O–H groups in total. The highest BCUT2D eigenvalue weighted by Crippen LogP contribution is 2.31. The summed E-state index contributed by atoms with van der Waals surface area (Å²) in [6, 6.07) is 9.97. The number of aliphatic hydroxyl groups is 1. The molecule has 0 radical (unpaired) electrons. The molecule has 19 heavy (non-hydrogen) atoms. The molecule has 0 aliphatic carbocycles. The lowest BCUT2D eigenvalue weighted by molar-refractivity contribution is -0.0297. The smallest absolute Gasteiger partial charge is 0.105 e. The van der Waals surface area contributed by atoms with Gasteiger partial charge in [-0.25, -0.2) is 0 Å². The number of pyridine rings is 1. The molecule has 1 aromatic carbocycles. The summed E-state index contributed by atoms with van der Waals surface area (Å²) in [7, 11) is 0. The number of hydrogen-bond acceptors (Lipinski definition) is 3. The molecule has 0 saturated carbocycles. The number of benzene rings is 1. The van der Waals surface area contributed by atoms with Crippen molar-refractivity contribution in [2.75, 3.05) is 0 Å². The third kappa shape index (κ3) is 2.48. The molecule has 1 saturated heterocycles. The molecular formula is C16H19NO2. The number of aryl methyl sites for hydroxylation is 1. The van der Waals surface area contributed by atoms with Gasteiger partial charge in [-0.15, -0.1) is 0 Å². The highest BCUT2D eigenvalue weighted by Gasteiger charge is 2.29. The Hall–Kier alpha value is -1.45. The van der Waals surface area contributed by atoms with Crippen LogP contribution in [0.15, 0.2) is 30.3 Å². The van der Waals surface area contributed by atoms with Crippen LogP contribution < -0.4 is 0 Å². The van der Waals surface area contributed by atoms with Crippen molar-refractivity contribution in [3.63, 3.8) is 0 Å². The van der Waals surface area contributed by atoms with Crippen molar-refractivity contribution in [3.05, 3.63) is 41.6 Å². The first-order chi connectivity index (χ1) is 9.13. The summed E-state index contributed by atoms with van der Waals surface area (Å²) in [4.78, 5) is 4.47. The summed E-state index contributed by atoms with van der Waals surface area (Å²) in [6.07, 6.45) is 1.58. The van der Waals surface area contributed by atoms with Crippen LogP contribution in [0.2, 0.25) is 0 Å². The molecule has 3 nitrogen and oxygen atoms in total. The van der Waals surface area contributed by atoms with Crippen LogP contribution in [0.1, 0.15) is 37.1 Å². The van der Waals surface area contributed by atoms with Gasteiger partial charge in [-0.05, 0) is 50.5 Å². The van der Waals surface area contributed by atoms with Crippen LogP contribution in [0, 0.1) is 6.92 Å². The zero-order valence-electron chi connectivity index (χ0n) is 11.3. The van der Waals surface area contributed by atoms with Crippen molar-refractivity contribution >= 4 is 10.9 Å². The minimum atomic E-state index is -0.546. The Kier molecular flexibility index (Phi) is 3.25. The number of nitrogens with zero attached hydrogens (tertiary/aromatic N) is 1. The van der Waals surface area contributed by atoms with E-state index in [0.29, 0.717) is 0 Å². The molecule has 1 aromatic heterocycles. The van der Waals surface area contributed by atoms with Gasteiger partial charge in [-0.3, -0.25) is 4.98 Å². The van der Waals surface area contributed by atoms with Crippen molar-refractivity contribution in [3.8, 4) is 0 Å². The number of aliphatic hydroxyl groups excluding tert-OH is 1. The average Bonchev–Trinajstić information content (AvgIpc) is 2.84. The maximum atomic E-state index is 10.4. The Morgan fingerprint density at radius 2 is 2.11 bits per heavy atom. The van der Waals surface area contributed by atoms with Crippen LogP contribution in [-0.2, 0) is 4.74 Å². The van der Waals surface area contributed by atoms with E-state index in [0.717, 1.165) is 35.0 Å². The standard InChI is InChI=1S/C16H19NO2/c1-10-3-5-12-9-13(6-7-14(12)17-10)16(18)15-8-4-11(2)19-15/h3,5-7,9,11,15-16,18H,4,8H2,1-2H3. The van der Waals surface area contributed by atoms with Gasteiger partial charge in [0, 0.05) is 11.1 Å². The first kappa shape index (κ1) is 12.6. The summed E-state index contributed by atoms with van der Waals surface area (Å²) in [5, 5.41) is 11.5. The largest absolute Gasteiger partial charge is 0.386 e. The monoisotopic (exact) mass is 257 g/mol. The molecule has 1 aliphatic rings. The molecule has 3 unspecified atom stereocenters. The van der Waals surface area contributed by atoms with E-state index in [2.05, 4.69) is 11.9 Å². The predicted octanol–water partition coefficient (Wildman–Crippen LogP) is 3.14. The van der Waals surface area contributed by atoms with Crippen LogP contribution >= 0.6 is 0 Å². The summed E-state index contributed by atoms with van der Waals surface area (Å²) in [5.74, 6) is 0. The van der Waals surface area contributed by atoms with Crippen LogP contribution in [0.25, 0.3) is 10.9 Å². The molecule has 3 rings (SSSR count). The molecular weight excluding hydrogens is 238 g/mol. The van der Waals surface area contributed by atoms with Gasteiger partial charge in [0.25, 0.3) is 0 Å². The summed E-state index contributed by atoms with van der Waals surface area (Å²) < 4.78 is 5.74. The van der Waals surface area contributed by atoms with Crippen molar-refractivity contribution in [1.82, 2.24) is 4.98 Å². The maximum absolute atomic E-state index is 10.4. The molecule has 2 heterocycles. The Labute approximate surface area is 113 Å². The van der Waals surface area contributed by atoms with Crippen LogP contribution in [0.4, 0.5) is 0 Å².